The van der Waals surface area contributed by atoms with Gasteiger partial charge in [0.15, 0.2) is 10.8 Å². The van der Waals surface area contributed by atoms with E-state index in [1.54, 1.807) is 37.4 Å². The molecule has 168 valence electrons. The summed E-state index contributed by atoms with van der Waals surface area (Å²) in [7, 11) is 0. The van der Waals surface area contributed by atoms with Gasteiger partial charge in [0.25, 0.3) is 5.91 Å². The lowest BCUT2D eigenvalue weighted by Crippen LogP contribution is -2.48. The van der Waals surface area contributed by atoms with Gasteiger partial charge in [0.05, 0.1) is 16.6 Å². The summed E-state index contributed by atoms with van der Waals surface area (Å²) in [6.07, 6.45) is 4.13. The van der Waals surface area contributed by atoms with Crippen LogP contribution in [-0.2, 0) is 14.3 Å². The highest BCUT2D eigenvalue weighted by Gasteiger charge is 2.38. The SMILES string of the molecule is CCOC(=O)N[C@H](C(=O)N1CCC[C@@H]1C(=O)Nc1cn2cc(Br)sc2n1)c1ccccc1. The molecule has 0 bridgehead atoms. The molecular formula is C21H22BrN5O4S. The molecule has 0 radical (unpaired) electrons. The molecule has 2 atom stereocenters. The molecule has 9 nitrogen and oxygen atoms in total. The zero-order valence-electron chi connectivity index (χ0n) is 17.3. The molecule has 1 aliphatic rings. The first-order valence-corrected chi connectivity index (χ1v) is 11.8. The molecule has 2 aromatic heterocycles. The van der Waals surface area contributed by atoms with Crippen LogP contribution in [0.15, 0.2) is 46.5 Å². The third-order valence-corrected chi connectivity index (χ3v) is 6.61. The van der Waals surface area contributed by atoms with Gasteiger partial charge >= 0.3 is 6.09 Å². The fourth-order valence-electron chi connectivity index (χ4n) is 3.73. The molecule has 1 fully saturated rings. The van der Waals surface area contributed by atoms with E-state index in [2.05, 4.69) is 31.5 Å². The number of thiazole rings is 1. The summed E-state index contributed by atoms with van der Waals surface area (Å²) in [5, 5.41) is 5.45. The Labute approximate surface area is 196 Å². The lowest BCUT2D eigenvalue weighted by molar-refractivity contribution is -0.138. The van der Waals surface area contributed by atoms with Gasteiger partial charge in [-0.25, -0.2) is 9.78 Å². The molecule has 3 heterocycles. The highest BCUT2D eigenvalue weighted by Crippen LogP contribution is 2.27. The highest BCUT2D eigenvalue weighted by atomic mass is 79.9. The number of benzene rings is 1. The molecular weight excluding hydrogens is 498 g/mol. The van der Waals surface area contributed by atoms with Crippen molar-refractivity contribution in [3.8, 4) is 0 Å². The molecule has 1 aromatic carbocycles. The second-order valence-electron chi connectivity index (χ2n) is 7.24. The van der Waals surface area contributed by atoms with Crippen LogP contribution in [0, 0.1) is 0 Å². The fourth-order valence-corrected chi connectivity index (χ4v) is 5.08. The number of ether oxygens (including phenoxy) is 1. The maximum atomic E-state index is 13.4. The van der Waals surface area contributed by atoms with E-state index in [-0.39, 0.29) is 18.4 Å². The number of hydrogen-bond acceptors (Lipinski definition) is 6. The van der Waals surface area contributed by atoms with E-state index in [0.717, 1.165) is 8.75 Å². The Balaban J connectivity index is 1.51. The molecule has 0 unspecified atom stereocenters. The largest absolute Gasteiger partial charge is 0.450 e. The first kappa shape index (κ1) is 22.3. The van der Waals surface area contributed by atoms with E-state index in [0.29, 0.717) is 30.8 Å². The van der Waals surface area contributed by atoms with Crippen molar-refractivity contribution in [2.45, 2.75) is 31.8 Å². The van der Waals surface area contributed by atoms with E-state index in [4.69, 9.17) is 4.74 Å². The number of halogens is 1. The van der Waals surface area contributed by atoms with Crippen molar-refractivity contribution in [1.29, 1.82) is 0 Å². The van der Waals surface area contributed by atoms with Gasteiger partial charge in [0, 0.05) is 12.7 Å². The predicted octanol–water partition coefficient (Wildman–Crippen LogP) is 3.58. The molecule has 3 aromatic rings. The third-order valence-electron chi connectivity index (χ3n) is 5.13. The van der Waals surface area contributed by atoms with Gasteiger partial charge in [0.1, 0.15) is 12.1 Å². The van der Waals surface area contributed by atoms with Gasteiger partial charge < -0.3 is 20.3 Å². The van der Waals surface area contributed by atoms with E-state index in [9.17, 15) is 14.4 Å². The zero-order chi connectivity index (χ0) is 22.7. The van der Waals surface area contributed by atoms with Crippen LogP contribution in [0.25, 0.3) is 4.96 Å². The van der Waals surface area contributed by atoms with Crippen molar-refractivity contribution >= 4 is 56.0 Å². The number of carbonyl (C=O) groups is 3. The van der Waals surface area contributed by atoms with Crippen molar-refractivity contribution in [3.05, 3.63) is 52.1 Å². The van der Waals surface area contributed by atoms with Crippen LogP contribution in [0.2, 0.25) is 0 Å². The number of rotatable bonds is 6. The fraction of sp³-hybridized carbons (Fsp3) is 0.333. The first-order chi connectivity index (χ1) is 15.5. The van der Waals surface area contributed by atoms with Crippen molar-refractivity contribution in [3.63, 3.8) is 0 Å². The summed E-state index contributed by atoms with van der Waals surface area (Å²) in [4.78, 5) is 45.2. The van der Waals surface area contributed by atoms with Gasteiger partial charge in [-0.05, 0) is 41.3 Å². The van der Waals surface area contributed by atoms with E-state index < -0.39 is 18.2 Å². The quantitative estimate of drug-likeness (QED) is 0.517. The van der Waals surface area contributed by atoms with Crippen molar-refractivity contribution in [2.75, 3.05) is 18.5 Å². The van der Waals surface area contributed by atoms with Gasteiger partial charge in [0.2, 0.25) is 5.91 Å². The van der Waals surface area contributed by atoms with Crippen molar-refractivity contribution in [2.24, 2.45) is 0 Å². The van der Waals surface area contributed by atoms with E-state index in [1.807, 2.05) is 16.7 Å². The summed E-state index contributed by atoms with van der Waals surface area (Å²) in [6.45, 7) is 2.31. The number of nitrogens with one attached hydrogen (secondary N) is 2. The average molecular weight is 520 g/mol. The lowest BCUT2D eigenvalue weighted by atomic mass is 10.0. The zero-order valence-corrected chi connectivity index (χ0v) is 19.7. The number of alkyl carbamates (subject to hydrolysis) is 1. The predicted molar refractivity (Wildman–Crippen MR) is 123 cm³/mol. The molecule has 2 N–H and O–H groups in total. The normalized spacial score (nSPS) is 16.7. The van der Waals surface area contributed by atoms with Crippen LogP contribution in [0.1, 0.15) is 31.4 Å². The Morgan fingerprint density at radius 2 is 2.06 bits per heavy atom. The van der Waals surface area contributed by atoms with Gasteiger partial charge in [-0.15, -0.1) is 0 Å². The lowest BCUT2D eigenvalue weighted by Gasteiger charge is -2.28. The molecule has 0 spiro atoms. The highest BCUT2D eigenvalue weighted by molar-refractivity contribution is 9.11. The Hall–Kier alpha value is -2.92. The molecule has 0 aliphatic carbocycles. The van der Waals surface area contributed by atoms with E-state index in [1.165, 1.54) is 16.2 Å². The van der Waals surface area contributed by atoms with Crippen molar-refractivity contribution in [1.82, 2.24) is 19.6 Å². The van der Waals surface area contributed by atoms with Crippen LogP contribution in [0.5, 0.6) is 0 Å². The van der Waals surface area contributed by atoms with E-state index >= 15 is 0 Å². The molecule has 0 saturated carbocycles. The molecule has 4 rings (SSSR count). The van der Waals surface area contributed by atoms with Gasteiger partial charge in [-0.1, -0.05) is 41.7 Å². The Kier molecular flexibility index (Phi) is 6.75. The number of imidazole rings is 1. The second-order valence-corrected chi connectivity index (χ2v) is 9.63. The minimum atomic E-state index is -0.945. The molecule has 1 aliphatic heterocycles. The standard InChI is InChI=1S/C21H22BrN5O4S/c1-2-31-21(30)25-17(13-7-4-3-5-8-13)19(29)27-10-6-9-14(27)18(28)23-16-12-26-11-15(22)32-20(26)24-16/h3-5,7-8,11-12,14,17H,2,6,9-10H2,1H3,(H,23,28)(H,25,30)/t14-,17+/m1/s1. The third kappa shape index (κ3) is 4.78. The Morgan fingerprint density at radius 1 is 1.28 bits per heavy atom. The number of hydrogen-bond donors (Lipinski definition) is 2. The first-order valence-electron chi connectivity index (χ1n) is 10.2. The number of aromatic nitrogens is 2. The van der Waals surface area contributed by atoms with Crippen LogP contribution < -0.4 is 10.6 Å². The van der Waals surface area contributed by atoms with Crippen LogP contribution in [0.3, 0.4) is 0 Å². The number of amides is 3. The number of carbonyl (C=O) groups excluding carboxylic acids is 3. The molecule has 32 heavy (non-hydrogen) atoms. The second kappa shape index (κ2) is 9.70. The summed E-state index contributed by atoms with van der Waals surface area (Å²) in [6, 6.07) is 7.34. The minimum absolute atomic E-state index is 0.189. The molecule has 1 saturated heterocycles. The van der Waals surface area contributed by atoms with Crippen LogP contribution in [-0.4, -0.2) is 51.4 Å². The smallest absolute Gasteiger partial charge is 0.408 e. The maximum absolute atomic E-state index is 13.4. The number of nitrogens with zero attached hydrogens (tertiary/aromatic N) is 3. The Morgan fingerprint density at radius 3 is 2.78 bits per heavy atom. The van der Waals surface area contributed by atoms with Crippen LogP contribution in [0.4, 0.5) is 10.6 Å². The monoisotopic (exact) mass is 519 g/mol. The average Bonchev–Trinajstić information content (AvgIpc) is 3.47. The Bertz CT molecular complexity index is 1100. The minimum Gasteiger partial charge on any atom is -0.450 e. The maximum Gasteiger partial charge on any atom is 0.408 e. The van der Waals surface area contributed by atoms with Gasteiger partial charge in [-0.3, -0.25) is 14.0 Å². The summed E-state index contributed by atoms with van der Waals surface area (Å²) in [5.41, 5.74) is 0.622. The summed E-state index contributed by atoms with van der Waals surface area (Å²) >= 11 is 4.85. The molecule has 11 heteroatoms. The van der Waals surface area contributed by atoms with Crippen molar-refractivity contribution < 1.29 is 19.1 Å². The number of fused-ring (bicyclic) bond motifs is 1. The summed E-state index contributed by atoms with van der Waals surface area (Å²) < 4.78 is 7.73. The number of likely N-dealkylation sites (tertiary alicyclic amines) is 1. The number of anilines is 1. The summed E-state index contributed by atoms with van der Waals surface area (Å²) in [5.74, 6) is -0.224. The molecule has 3 amide bonds. The van der Waals surface area contributed by atoms with Crippen LogP contribution >= 0.6 is 27.3 Å². The topological polar surface area (TPSA) is 105 Å². The van der Waals surface area contributed by atoms with Gasteiger partial charge in [-0.2, -0.15) is 0 Å².